The van der Waals surface area contributed by atoms with E-state index in [2.05, 4.69) is 42.3 Å². The van der Waals surface area contributed by atoms with E-state index in [0.29, 0.717) is 6.04 Å². The first-order valence-corrected chi connectivity index (χ1v) is 7.34. The summed E-state index contributed by atoms with van der Waals surface area (Å²) in [6.45, 7) is 2.01. The van der Waals surface area contributed by atoms with E-state index in [1.165, 1.54) is 21.3 Å². The number of rotatable bonds is 4. The van der Waals surface area contributed by atoms with Gasteiger partial charge in [0.2, 0.25) is 0 Å². The van der Waals surface area contributed by atoms with Gasteiger partial charge in [0.05, 0.1) is 10.6 Å². The minimum atomic E-state index is 0.311. The van der Waals surface area contributed by atoms with Crippen molar-refractivity contribution in [2.75, 3.05) is 7.05 Å². The summed E-state index contributed by atoms with van der Waals surface area (Å²) >= 11 is 6.73. The topological polar surface area (TPSA) is 37.8 Å². The zero-order chi connectivity index (χ0) is 11.5. The van der Waals surface area contributed by atoms with Crippen molar-refractivity contribution in [2.45, 2.75) is 19.4 Å². The molecule has 0 spiro atoms. The Morgan fingerprint density at radius 2 is 2.38 bits per heavy atom. The molecule has 2 rings (SSSR count). The molecule has 0 bridgehead atoms. The van der Waals surface area contributed by atoms with Crippen LogP contribution in [0.2, 0.25) is 0 Å². The van der Waals surface area contributed by atoms with Crippen LogP contribution in [0.4, 0.5) is 0 Å². The maximum Gasteiger partial charge on any atom is 0.0772 e. The third-order valence-corrected chi connectivity index (χ3v) is 5.04. The number of nitrogens with one attached hydrogen (secondary N) is 1. The van der Waals surface area contributed by atoms with E-state index in [9.17, 15) is 0 Å². The zero-order valence-corrected chi connectivity index (χ0v) is 12.2. The molecule has 2 heterocycles. The van der Waals surface area contributed by atoms with Crippen molar-refractivity contribution < 1.29 is 0 Å². The number of thiophene rings is 1. The first kappa shape index (κ1) is 12.2. The van der Waals surface area contributed by atoms with Gasteiger partial charge in [0.25, 0.3) is 0 Å². The lowest BCUT2D eigenvalue weighted by atomic mass is 10.1. The van der Waals surface area contributed by atoms with Crippen LogP contribution in [-0.4, -0.2) is 16.6 Å². The van der Waals surface area contributed by atoms with Gasteiger partial charge in [0.15, 0.2) is 0 Å². The van der Waals surface area contributed by atoms with Crippen LogP contribution in [0.3, 0.4) is 0 Å². The lowest BCUT2D eigenvalue weighted by molar-refractivity contribution is 0.602. The van der Waals surface area contributed by atoms with Gasteiger partial charge in [-0.05, 0) is 47.5 Å². The average molecular weight is 318 g/mol. The van der Waals surface area contributed by atoms with Gasteiger partial charge in [-0.1, -0.05) is 4.49 Å². The van der Waals surface area contributed by atoms with E-state index in [0.717, 1.165) is 16.6 Å². The van der Waals surface area contributed by atoms with Crippen molar-refractivity contribution in [1.29, 1.82) is 0 Å². The molecule has 1 atom stereocenters. The van der Waals surface area contributed by atoms with Crippen molar-refractivity contribution in [3.63, 3.8) is 0 Å². The molecule has 0 fully saturated rings. The number of hydrogen-bond donors (Lipinski definition) is 1. The Kier molecular flexibility index (Phi) is 4.07. The van der Waals surface area contributed by atoms with Crippen LogP contribution < -0.4 is 5.32 Å². The molecular formula is C10H12BrN3S2. The number of nitrogens with zero attached hydrogens (tertiary/aromatic N) is 2. The quantitative estimate of drug-likeness (QED) is 0.941. The molecule has 16 heavy (non-hydrogen) atoms. The lowest BCUT2D eigenvalue weighted by Crippen LogP contribution is -2.18. The number of aromatic nitrogens is 2. The summed E-state index contributed by atoms with van der Waals surface area (Å²) in [6, 6.07) is 2.48. The summed E-state index contributed by atoms with van der Waals surface area (Å²) in [6.07, 6.45) is 0.984. The van der Waals surface area contributed by atoms with Gasteiger partial charge in [-0.2, -0.15) is 0 Å². The minimum Gasteiger partial charge on any atom is -0.312 e. The highest BCUT2D eigenvalue weighted by Gasteiger charge is 2.16. The summed E-state index contributed by atoms with van der Waals surface area (Å²) in [5, 5.41) is 9.49. The maximum absolute atomic E-state index is 4.05. The van der Waals surface area contributed by atoms with E-state index in [4.69, 9.17) is 0 Å². The summed E-state index contributed by atoms with van der Waals surface area (Å²) < 4.78 is 5.14. The Bertz CT molecular complexity index is 466. The highest BCUT2D eigenvalue weighted by atomic mass is 79.9. The van der Waals surface area contributed by atoms with E-state index in [1.54, 1.807) is 11.3 Å². The van der Waals surface area contributed by atoms with Crippen LogP contribution in [0.25, 0.3) is 0 Å². The Morgan fingerprint density at radius 1 is 1.56 bits per heavy atom. The third kappa shape index (κ3) is 2.68. The molecule has 0 aliphatic heterocycles. The molecule has 3 nitrogen and oxygen atoms in total. The van der Waals surface area contributed by atoms with Crippen LogP contribution in [0, 0.1) is 6.92 Å². The second-order valence-electron chi connectivity index (χ2n) is 3.50. The molecule has 6 heteroatoms. The van der Waals surface area contributed by atoms with E-state index in [-0.39, 0.29) is 0 Å². The van der Waals surface area contributed by atoms with Gasteiger partial charge < -0.3 is 5.32 Å². The second kappa shape index (κ2) is 5.35. The van der Waals surface area contributed by atoms with Crippen molar-refractivity contribution in [2.24, 2.45) is 0 Å². The number of likely N-dealkylation sites (N-methyl/N-ethyl adjacent to an activating group) is 1. The number of aryl methyl sites for hydroxylation is 1. The Balaban J connectivity index is 2.15. The molecule has 0 aliphatic rings. The fourth-order valence-corrected chi connectivity index (χ4v) is 3.80. The van der Waals surface area contributed by atoms with Crippen molar-refractivity contribution in [3.8, 4) is 0 Å². The predicted molar refractivity (Wildman–Crippen MR) is 72.2 cm³/mol. The summed E-state index contributed by atoms with van der Waals surface area (Å²) in [4.78, 5) is 2.59. The van der Waals surface area contributed by atoms with Crippen LogP contribution in [-0.2, 0) is 6.42 Å². The first-order chi connectivity index (χ1) is 7.70. The Morgan fingerprint density at radius 3 is 2.88 bits per heavy atom. The molecule has 1 N–H and O–H groups in total. The van der Waals surface area contributed by atoms with Crippen LogP contribution in [0.5, 0.6) is 0 Å². The van der Waals surface area contributed by atoms with Gasteiger partial charge in [-0.25, -0.2) is 0 Å². The molecule has 0 amide bonds. The molecule has 86 valence electrons. The zero-order valence-electron chi connectivity index (χ0n) is 9.03. The molecule has 0 radical (unpaired) electrons. The Labute approximate surface area is 111 Å². The van der Waals surface area contributed by atoms with Crippen LogP contribution in [0.15, 0.2) is 15.9 Å². The molecule has 0 aromatic carbocycles. The normalized spacial score (nSPS) is 12.9. The van der Waals surface area contributed by atoms with Crippen molar-refractivity contribution in [3.05, 3.63) is 31.4 Å². The predicted octanol–water partition coefficient (Wildman–Crippen LogP) is 3.17. The van der Waals surface area contributed by atoms with Gasteiger partial charge in [-0.15, -0.1) is 16.4 Å². The van der Waals surface area contributed by atoms with Gasteiger partial charge in [0.1, 0.15) is 0 Å². The Hall–Kier alpha value is -0.300. The standard InChI is InChI=1S/C10H12BrN3S2/c1-6-10(16-14-13-6)9(12-2)4-8-3-7(11)5-15-8/h3,5,9,12H,4H2,1-2H3. The SMILES string of the molecule is CNC(Cc1cc(Br)cs1)c1snnc1C. The fraction of sp³-hybridized carbons (Fsp3) is 0.400. The van der Waals surface area contributed by atoms with Gasteiger partial charge >= 0.3 is 0 Å². The smallest absolute Gasteiger partial charge is 0.0772 e. The van der Waals surface area contributed by atoms with E-state index >= 15 is 0 Å². The molecular weight excluding hydrogens is 306 g/mol. The van der Waals surface area contributed by atoms with Crippen LogP contribution in [0.1, 0.15) is 21.5 Å². The van der Waals surface area contributed by atoms with Crippen molar-refractivity contribution >= 4 is 38.8 Å². The summed E-state index contributed by atoms with van der Waals surface area (Å²) in [5.41, 5.74) is 1.03. The lowest BCUT2D eigenvalue weighted by Gasteiger charge is -2.13. The highest BCUT2D eigenvalue weighted by molar-refractivity contribution is 9.10. The first-order valence-electron chi connectivity index (χ1n) is 4.89. The summed E-state index contributed by atoms with van der Waals surface area (Å²) in [5.74, 6) is 0. The van der Waals surface area contributed by atoms with Gasteiger partial charge in [0, 0.05) is 27.2 Å². The molecule has 2 aromatic heterocycles. The van der Waals surface area contributed by atoms with Crippen molar-refractivity contribution in [1.82, 2.24) is 14.9 Å². The monoisotopic (exact) mass is 317 g/mol. The molecule has 0 aliphatic carbocycles. The second-order valence-corrected chi connectivity index (χ2v) is 6.20. The molecule has 0 saturated heterocycles. The molecule has 0 saturated carbocycles. The van der Waals surface area contributed by atoms with E-state index < -0.39 is 0 Å². The fourth-order valence-electron chi connectivity index (χ4n) is 1.54. The molecule has 1 unspecified atom stereocenters. The average Bonchev–Trinajstić information content (AvgIpc) is 2.84. The summed E-state index contributed by atoms with van der Waals surface area (Å²) in [7, 11) is 1.98. The number of hydrogen-bond acceptors (Lipinski definition) is 5. The minimum absolute atomic E-state index is 0.311. The number of halogens is 1. The highest BCUT2D eigenvalue weighted by Crippen LogP contribution is 2.27. The largest absolute Gasteiger partial charge is 0.312 e. The maximum atomic E-state index is 4.05. The van der Waals surface area contributed by atoms with Gasteiger partial charge in [-0.3, -0.25) is 0 Å². The van der Waals surface area contributed by atoms with E-state index in [1.807, 2.05) is 14.0 Å². The molecule has 2 aromatic rings. The van der Waals surface area contributed by atoms with Crippen LogP contribution >= 0.6 is 38.8 Å². The third-order valence-electron chi connectivity index (χ3n) is 2.38.